The van der Waals surface area contributed by atoms with Gasteiger partial charge in [0.25, 0.3) is 0 Å². The van der Waals surface area contributed by atoms with Gasteiger partial charge < -0.3 is 38.5 Å². The number of ketones is 1. The van der Waals surface area contributed by atoms with Gasteiger partial charge in [-0.1, -0.05) is 88.6 Å². The van der Waals surface area contributed by atoms with Gasteiger partial charge in [0, 0.05) is 31.6 Å². The maximum absolute atomic E-state index is 15.7. The van der Waals surface area contributed by atoms with Crippen LogP contribution in [0.4, 0.5) is 4.79 Å². The zero-order valence-electron chi connectivity index (χ0n) is 40.0. The third kappa shape index (κ3) is 9.75. The first-order chi connectivity index (χ1) is 31.6. The average Bonchev–Trinajstić information content (AvgIpc) is 3.98. The van der Waals surface area contributed by atoms with Gasteiger partial charge in [-0.15, -0.1) is 0 Å². The molecule has 4 aliphatic carbocycles. The number of hydrogen-bond acceptors (Lipinski definition) is 14. The van der Waals surface area contributed by atoms with E-state index >= 15 is 9.59 Å². The quantitative estimate of drug-likeness (QED) is 0.0784. The fourth-order valence-electron chi connectivity index (χ4n) is 11.5. The van der Waals surface area contributed by atoms with E-state index in [-0.39, 0.29) is 30.9 Å². The van der Waals surface area contributed by atoms with Crippen molar-refractivity contribution in [2.24, 2.45) is 28.6 Å². The molecular formula is C52H65NO14. The first kappa shape index (κ1) is 49.3. The number of rotatable bonds is 15. The Bertz CT molecular complexity index is 2270. The summed E-state index contributed by atoms with van der Waals surface area (Å²) in [6.45, 7) is 15.0. The zero-order valence-corrected chi connectivity index (χ0v) is 40.0. The summed E-state index contributed by atoms with van der Waals surface area (Å²) in [6, 6.07) is 15.7. The molecule has 11 atom stereocenters. The van der Waals surface area contributed by atoms with Crippen molar-refractivity contribution >= 4 is 41.7 Å². The lowest BCUT2D eigenvalue weighted by molar-refractivity contribution is -0.311. The summed E-state index contributed by atoms with van der Waals surface area (Å²) in [5, 5.41) is 2.76. The van der Waals surface area contributed by atoms with Gasteiger partial charge in [0.15, 0.2) is 17.5 Å². The van der Waals surface area contributed by atoms with Crippen LogP contribution in [0.2, 0.25) is 0 Å². The Morgan fingerprint density at radius 3 is 2.13 bits per heavy atom. The van der Waals surface area contributed by atoms with Crippen LogP contribution in [0, 0.1) is 28.6 Å². The molecule has 0 aromatic heterocycles. The van der Waals surface area contributed by atoms with Crippen molar-refractivity contribution in [3.63, 3.8) is 0 Å². The van der Waals surface area contributed by atoms with Crippen molar-refractivity contribution in [1.82, 2.24) is 5.32 Å². The highest BCUT2D eigenvalue weighted by atomic mass is 16.6. The Balaban J connectivity index is 1.36. The molecule has 1 amide bonds. The predicted octanol–water partition coefficient (Wildman–Crippen LogP) is 7.88. The number of nitrogens with one attached hydrogen (secondary N) is 1. The number of hydrogen-bond donors (Lipinski definition) is 1. The average molecular weight is 928 g/mol. The van der Waals surface area contributed by atoms with E-state index in [1.807, 2.05) is 20.8 Å². The maximum Gasteiger partial charge on any atom is 0.408 e. The summed E-state index contributed by atoms with van der Waals surface area (Å²) in [4.78, 5) is 98.5. The van der Waals surface area contributed by atoms with Crippen LogP contribution in [-0.2, 0) is 57.1 Å². The van der Waals surface area contributed by atoms with Gasteiger partial charge >= 0.3 is 35.9 Å². The standard InChI is InChI=1S/C52H65NO14/c1-10-11-12-19-24-38(56)64-43(40(32-20-15-13-16-21-32)53-48(60)67-49(5,6)7)47(59)63-36-26-35-41(65-46(58)33-22-17-14-18-23-33)44-51(27-34(51)25-37-52(44,28-61-37)66-31(4)55)45(57)42(62-30(3)54)39(29(36)2)50(35,8)9/h13-18,20-23,34-37,40-44H,10-12,19,24-28H2,1-9H3,(H,53,60)/t34-,35?,36+,37-,40+,41-,42-,43-,44+,51-,52+/m1/s1. The van der Waals surface area contributed by atoms with E-state index in [1.54, 1.807) is 88.4 Å². The maximum atomic E-state index is 15.7. The minimum absolute atomic E-state index is 0.0000608. The first-order valence-corrected chi connectivity index (χ1v) is 23.6. The van der Waals surface area contributed by atoms with Crippen molar-refractivity contribution in [3.05, 3.63) is 82.9 Å². The second kappa shape index (κ2) is 19.2. The Labute approximate surface area is 392 Å². The molecule has 1 saturated heterocycles. The number of alkyl carbamates (subject to hydrolysis) is 1. The molecule has 2 aromatic rings. The first-order valence-electron chi connectivity index (χ1n) is 23.6. The smallest absolute Gasteiger partial charge is 0.408 e. The number of benzene rings is 2. The Hall–Kier alpha value is -5.57. The van der Waals surface area contributed by atoms with E-state index < -0.39 is 112 Å². The Morgan fingerprint density at radius 1 is 0.866 bits per heavy atom. The second-order valence-electron chi connectivity index (χ2n) is 20.4. The van der Waals surface area contributed by atoms with Gasteiger partial charge in [-0.25, -0.2) is 14.4 Å². The lowest BCUT2D eigenvalue weighted by atomic mass is 9.50. The molecule has 15 heteroatoms. The normalized spacial score (nSPS) is 29.9. The largest absolute Gasteiger partial charge is 0.458 e. The van der Waals surface area contributed by atoms with E-state index in [0.717, 1.165) is 19.3 Å². The molecule has 4 fully saturated rings. The lowest BCUT2D eigenvalue weighted by Crippen LogP contribution is -2.74. The summed E-state index contributed by atoms with van der Waals surface area (Å²) in [5.74, 6) is -6.12. The molecule has 2 bridgehead atoms. The molecule has 0 radical (unpaired) electrons. The summed E-state index contributed by atoms with van der Waals surface area (Å²) in [7, 11) is 0. The topological polar surface area (TPSA) is 196 Å². The van der Waals surface area contributed by atoms with Gasteiger partial charge in [-0.2, -0.15) is 0 Å². The predicted molar refractivity (Wildman–Crippen MR) is 241 cm³/mol. The molecule has 7 rings (SSSR count). The van der Waals surface area contributed by atoms with Crippen LogP contribution in [0.3, 0.4) is 0 Å². The monoisotopic (exact) mass is 927 g/mol. The van der Waals surface area contributed by atoms with E-state index in [1.165, 1.54) is 13.8 Å². The van der Waals surface area contributed by atoms with Crippen LogP contribution in [0.5, 0.6) is 0 Å². The molecule has 1 aliphatic heterocycles. The second-order valence-corrected chi connectivity index (χ2v) is 20.4. The lowest BCUT2D eigenvalue weighted by Gasteiger charge is -2.62. The number of fused-ring (bicyclic) bond motifs is 4. The summed E-state index contributed by atoms with van der Waals surface area (Å²) >= 11 is 0. The molecule has 15 nitrogen and oxygen atoms in total. The fourth-order valence-corrected chi connectivity index (χ4v) is 11.5. The van der Waals surface area contributed by atoms with Gasteiger partial charge in [0.2, 0.25) is 6.10 Å². The SMILES string of the molecule is CCCCCCC(=O)O[C@@H](C(=O)O[C@H]1CC2[C@@H](OC(=O)c3ccccc3)[C@@H]3[C@]4(OC(C)=O)CO[C@@H]4C[C@@H]4C[C@@]43C(=O)[C@H](OC(C)=O)C(=C1C)C2(C)C)[C@@H](NC(=O)OC(C)(C)C)c1ccccc1. The Kier molecular flexibility index (Phi) is 14.1. The van der Waals surface area contributed by atoms with Crippen LogP contribution in [0.15, 0.2) is 71.8 Å². The van der Waals surface area contributed by atoms with Crippen LogP contribution >= 0.6 is 0 Å². The summed E-state index contributed by atoms with van der Waals surface area (Å²) in [6.07, 6.45) is -3.14. The summed E-state index contributed by atoms with van der Waals surface area (Å²) in [5.41, 5.74) is -3.18. The molecule has 1 N–H and O–H groups in total. The van der Waals surface area contributed by atoms with E-state index in [9.17, 15) is 24.0 Å². The highest BCUT2D eigenvalue weighted by Crippen LogP contribution is 2.74. The number of ether oxygens (including phenoxy) is 7. The Morgan fingerprint density at radius 2 is 1.54 bits per heavy atom. The van der Waals surface area contributed by atoms with Crippen molar-refractivity contribution in [2.75, 3.05) is 6.61 Å². The van der Waals surface area contributed by atoms with Crippen LogP contribution in [0.1, 0.15) is 136 Å². The number of Topliss-reactive ketones (excluding diaryl/α,β-unsaturated/α-hetero) is 1. The number of esters is 5. The van der Waals surface area contributed by atoms with Crippen molar-refractivity contribution in [3.8, 4) is 0 Å². The molecule has 2 aromatic carbocycles. The molecule has 5 aliphatic rings. The van der Waals surface area contributed by atoms with Gasteiger partial charge in [-0.3, -0.25) is 19.2 Å². The summed E-state index contributed by atoms with van der Waals surface area (Å²) < 4.78 is 43.3. The molecule has 1 heterocycles. The van der Waals surface area contributed by atoms with Gasteiger partial charge in [-0.05, 0) is 93.6 Å². The minimum Gasteiger partial charge on any atom is -0.458 e. The van der Waals surface area contributed by atoms with E-state index in [0.29, 0.717) is 36.0 Å². The number of amides is 1. The van der Waals surface area contributed by atoms with Crippen LogP contribution in [-0.4, -0.2) is 90.1 Å². The molecule has 3 saturated carbocycles. The van der Waals surface area contributed by atoms with Crippen molar-refractivity contribution in [1.29, 1.82) is 0 Å². The zero-order chi connectivity index (χ0) is 48.6. The third-order valence-corrected chi connectivity index (χ3v) is 14.5. The number of carbonyl (C=O) groups excluding carboxylic acids is 7. The van der Waals surface area contributed by atoms with Crippen molar-refractivity contribution < 1.29 is 66.7 Å². The molecule has 362 valence electrons. The fraction of sp³-hybridized carbons (Fsp3) is 0.596. The number of carbonyl (C=O) groups is 7. The van der Waals surface area contributed by atoms with Crippen LogP contribution in [0.25, 0.3) is 0 Å². The van der Waals surface area contributed by atoms with Crippen LogP contribution < -0.4 is 5.32 Å². The van der Waals surface area contributed by atoms with Gasteiger partial charge in [0.1, 0.15) is 30.0 Å². The minimum atomic E-state index is -1.74. The highest BCUT2D eigenvalue weighted by molar-refractivity contribution is 5.97. The molecule has 67 heavy (non-hydrogen) atoms. The van der Waals surface area contributed by atoms with E-state index in [2.05, 4.69) is 5.32 Å². The van der Waals surface area contributed by atoms with Crippen molar-refractivity contribution in [2.45, 2.75) is 161 Å². The molecular weight excluding hydrogens is 863 g/mol. The highest BCUT2D eigenvalue weighted by Gasteiger charge is 2.82. The van der Waals surface area contributed by atoms with E-state index in [4.69, 9.17) is 33.2 Å². The molecule has 1 unspecified atom stereocenters. The molecule has 1 spiro atoms. The number of unbranched alkanes of at least 4 members (excludes halogenated alkanes) is 3. The van der Waals surface area contributed by atoms with Gasteiger partial charge in [0.05, 0.1) is 18.1 Å². The third-order valence-electron chi connectivity index (χ3n) is 14.5.